The van der Waals surface area contributed by atoms with E-state index in [0.29, 0.717) is 0 Å². The van der Waals surface area contributed by atoms with Crippen molar-refractivity contribution in [2.24, 2.45) is 0 Å². The molecule has 1 aliphatic rings. The zero-order valence-corrected chi connectivity index (χ0v) is 22.0. The van der Waals surface area contributed by atoms with E-state index in [4.69, 9.17) is 0 Å². The molecule has 4 aromatic carbocycles. The van der Waals surface area contributed by atoms with Crippen LogP contribution in [0.15, 0.2) is 97.1 Å². The van der Waals surface area contributed by atoms with Crippen molar-refractivity contribution < 1.29 is 5.48 Å². The number of nitrogens with one attached hydrogen (secondary N) is 4. The number of aromatic nitrogens is 4. The summed E-state index contributed by atoms with van der Waals surface area (Å²) in [5.74, 6) is 0. The van der Waals surface area contributed by atoms with Crippen LogP contribution in [0.5, 0.6) is 0 Å². The molecule has 0 saturated carbocycles. The lowest BCUT2D eigenvalue weighted by Gasteiger charge is -1.92. The van der Waals surface area contributed by atoms with E-state index in [1.807, 2.05) is 0 Å². The van der Waals surface area contributed by atoms with Crippen LogP contribution < -0.4 is 21.4 Å². The lowest BCUT2D eigenvalue weighted by Crippen LogP contribution is -2.11. The Morgan fingerprint density at radius 1 is 0.268 bits per heavy atom. The van der Waals surface area contributed by atoms with Gasteiger partial charge in [0.25, 0.3) is 0 Å². The summed E-state index contributed by atoms with van der Waals surface area (Å²) >= 11 is 0. The molecule has 0 unspecified atom stereocenters. The second-order valence-electron chi connectivity index (χ2n) is 10.6. The maximum atomic E-state index is 3.75. The fourth-order valence-corrected chi connectivity index (χ4v) is 6.42. The van der Waals surface area contributed by atoms with Gasteiger partial charge in [0, 0.05) is 87.3 Å². The number of hydrogen-bond donors (Lipinski definition) is 4. The Labute approximate surface area is 233 Å². The van der Waals surface area contributed by atoms with Gasteiger partial charge in [-0.15, -0.1) is 0 Å². The molecule has 0 spiro atoms. The molecule has 0 atom stereocenters. The molecular formula is C36H26N4O. The summed E-state index contributed by atoms with van der Waals surface area (Å²) in [6, 6.07) is 34.4. The molecule has 4 aromatic heterocycles. The number of rotatable bonds is 0. The molecule has 5 heterocycles. The first-order chi connectivity index (χ1) is 19.8. The van der Waals surface area contributed by atoms with Crippen LogP contribution in [-0.4, -0.2) is 25.4 Å². The number of fused-ring (bicyclic) bond motifs is 20. The highest BCUT2D eigenvalue weighted by Crippen LogP contribution is 2.26. The Hall–Kier alpha value is -5.52. The highest BCUT2D eigenvalue weighted by molar-refractivity contribution is 6.00. The van der Waals surface area contributed by atoms with E-state index in [1.54, 1.807) is 0 Å². The first-order valence-corrected chi connectivity index (χ1v) is 13.6. The third-order valence-corrected chi connectivity index (χ3v) is 8.26. The fourth-order valence-electron chi connectivity index (χ4n) is 6.42. The molecule has 8 bridgehead atoms. The smallest absolute Gasteiger partial charge is 0.0485 e. The molecule has 1 aliphatic heterocycles. The van der Waals surface area contributed by atoms with Crippen LogP contribution in [0.25, 0.3) is 67.4 Å². The Morgan fingerprint density at radius 2 is 0.488 bits per heavy atom. The zero-order valence-electron chi connectivity index (χ0n) is 22.0. The maximum Gasteiger partial charge on any atom is 0.0485 e. The van der Waals surface area contributed by atoms with Crippen molar-refractivity contribution >= 4 is 67.4 Å². The van der Waals surface area contributed by atoms with E-state index in [9.17, 15) is 0 Å². The van der Waals surface area contributed by atoms with Gasteiger partial charge in [-0.25, -0.2) is 0 Å². The van der Waals surface area contributed by atoms with Crippen LogP contribution in [0, 0.1) is 0 Å². The first-order valence-electron chi connectivity index (χ1n) is 13.6. The monoisotopic (exact) mass is 530 g/mol. The predicted octanol–water partition coefficient (Wildman–Crippen LogP) is 4.42. The maximum absolute atomic E-state index is 3.75. The SMILES string of the molecule is C1=c2[nH]c(c3ccccc23)=Cc2[nH]c(c3ccccc23)C=c2[nH]c(c3ccccc23)=Cc2[nH]c1c1ccccc21.O. The quantitative estimate of drug-likeness (QED) is 0.224. The van der Waals surface area contributed by atoms with Gasteiger partial charge in [-0.05, 0) is 24.3 Å². The van der Waals surface area contributed by atoms with Crippen LogP contribution in [0.2, 0.25) is 0 Å². The number of aromatic amines is 4. The lowest BCUT2D eigenvalue weighted by atomic mass is 10.1. The summed E-state index contributed by atoms with van der Waals surface area (Å²) in [6.45, 7) is 0. The van der Waals surface area contributed by atoms with Gasteiger partial charge in [0.2, 0.25) is 0 Å². The Bertz CT molecular complexity index is 2210. The van der Waals surface area contributed by atoms with Gasteiger partial charge < -0.3 is 25.4 Å². The van der Waals surface area contributed by atoms with E-state index in [-0.39, 0.29) is 5.48 Å². The molecule has 0 aliphatic carbocycles. The third-order valence-electron chi connectivity index (χ3n) is 8.26. The minimum absolute atomic E-state index is 0. The predicted molar refractivity (Wildman–Crippen MR) is 170 cm³/mol. The minimum atomic E-state index is 0. The van der Waals surface area contributed by atoms with Crippen LogP contribution in [-0.2, 0) is 0 Å². The molecule has 0 fully saturated rings. The number of hydrogen-bond acceptors (Lipinski definition) is 0. The lowest BCUT2D eigenvalue weighted by molar-refractivity contribution is 0.824. The summed E-state index contributed by atoms with van der Waals surface area (Å²) < 4.78 is 0. The summed E-state index contributed by atoms with van der Waals surface area (Å²) in [5, 5.41) is 13.9. The molecule has 41 heavy (non-hydrogen) atoms. The first kappa shape index (κ1) is 23.4. The van der Waals surface area contributed by atoms with Gasteiger partial charge in [-0.1, -0.05) is 97.1 Å². The van der Waals surface area contributed by atoms with E-state index in [0.717, 1.165) is 44.2 Å². The third kappa shape index (κ3) is 3.46. The Morgan fingerprint density at radius 3 is 0.732 bits per heavy atom. The van der Waals surface area contributed by atoms with Crippen molar-refractivity contribution in [2.75, 3.05) is 0 Å². The molecule has 0 amide bonds. The second kappa shape index (κ2) is 8.74. The highest BCUT2D eigenvalue weighted by Gasteiger charge is 2.12. The standard InChI is InChI=1S/C36H24N4.H2O/c1-2-10-22-21(9-1)29-17-31-23-11-3-4-12-24(23)33(38-31)19-35-27-15-7-8-16-28(27)36(40-35)20-34-26-14-6-5-13-25(26)32(39-34)18-30(22)37-29;/h1-20,37-40H;1H2. The van der Waals surface area contributed by atoms with E-state index < -0.39 is 0 Å². The van der Waals surface area contributed by atoms with E-state index in [1.165, 1.54) is 43.1 Å². The van der Waals surface area contributed by atoms with Gasteiger partial charge in [0.15, 0.2) is 0 Å². The van der Waals surface area contributed by atoms with Gasteiger partial charge >= 0.3 is 0 Å². The molecule has 196 valence electrons. The average Bonchev–Trinajstić information content (AvgIpc) is 3.73. The normalized spacial score (nSPS) is 12.5. The second-order valence-corrected chi connectivity index (χ2v) is 10.6. The molecule has 0 saturated heterocycles. The van der Waals surface area contributed by atoms with Gasteiger partial charge in [0.05, 0.1) is 0 Å². The fraction of sp³-hybridized carbons (Fsp3) is 0. The van der Waals surface area contributed by atoms with E-state index in [2.05, 4.69) is 141 Å². The van der Waals surface area contributed by atoms with Gasteiger partial charge in [-0.3, -0.25) is 0 Å². The molecule has 5 heteroatoms. The van der Waals surface area contributed by atoms with Crippen LogP contribution in [0.3, 0.4) is 0 Å². The van der Waals surface area contributed by atoms with Crippen molar-refractivity contribution in [3.63, 3.8) is 0 Å². The zero-order chi connectivity index (χ0) is 26.2. The van der Waals surface area contributed by atoms with Gasteiger partial charge in [-0.2, -0.15) is 0 Å². The van der Waals surface area contributed by atoms with Crippen LogP contribution in [0.1, 0.15) is 22.8 Å². The number of benzene rings is 4. The summed E-state index contributed by atoms with van der Waals surface area (Å²) in [6.07, 6.45) is 8.98. The Kier molecular flexibility index (Phi) is 4.99. The molecule has 9 rings (SSSR count). The van der Waals surface area contributed by atoms with Crippen LogP contribution >= 0.6 is 0 Å². The molecule has 6 N–H and O–H groups in total. The van der Waals surface area contributed by atoms with Crippen molar-refractivity contribution in [2.45, 2.75) is 0 Å². The minimum Gasteiger partial charge on any atom is -0.412 e. The molecule has 8 aromatic rings. The van der Waals surface area contributed by atoms with E-state index >= 15 is 0 Å². The van der Waals surface area contributed by atoms with Crippen molar-refractivity contribution in [3.05, 3.63) is 141 Å². The average molecular weight is 531 g/mol. The van der Waals surface area contributed by atoms with Crippen molar-refractivity contribution in [1.82, 2.24) is 19.9 Å². The molecular weight excluding hydrogens is 504 g/mol. The highest BCUT2D eigenvalue weighted by atomic mass is 16.0. The summed E-state index contributed by atoms with van der Waals surface area (Å²) in [5.41, 5.74) is 4.34. The summed E-state index contributed by atoms with van der Waals surface area (Å²) in [4.78, 5) is 15.0. The number of H-pyrrole nitrogens is 4. The van der Waals surface area contributed by atoms with Crippen molar-refractivity contribution in [3.8, 4) is 0 Å². The van der Waals surface area contributed by atoms with Gasteiger partial charge in [0.1, 0.15) is 0 Å². The molecule has 5 nitrogen and oxygen atoms in total. The Balaban J connectivity index is 0.00000256. The van der Waals surface area contributed by atoms with Crippen molar-refractivity contribution in [1.29, 1.82) is 0 Å². The molecule has 0 radical (unpaired) electrons. The van der Waals surface area contributed by atoms with Crippen LogP contribution in [0.4, 0.5) is 0 Å². The summed E-state index contributed by atoms with van der Waals surface area (Å²) in [7, 11) is 0. The topological polar surface area (TPSA) is 94.7 Å². The largest absolute Gasteiger partial charge is 0.412 e.